The smallest absolute Gasteiger partial charge is 0.336 e. The maximum Gasteiger partial charge on any atom is 0.336 e. The van der Waals surface area contributed by atoms with Crippen LogP contribution >= 0.6 is 15.9 Å². The van der Waals surface area contributed by atoms with Crippen molar-refractivity contribution in [2.24, 2.45) is 11.8 Å². The number of allylic oxidation sites excluding steroid dienone is 3. The van der Waals surface area contributed by atoms with Crippen LogP contribution in [0.5, 0.6) is 11.5 Å². The van der Waals surface area contributed by atoms with Gasteiger partial charge in [-0.05, 0) is 66.7 Å². The number of hydrogen-bond acceptors (Lipinski definition) is 8. The number of halogens is 1. The fraction of sp³-hybridized carbons (Fsp3) is 0.480. The van der Waals surface area contributed by atoms with Crippen molar-refractivity contribution in [2.45, 2.75) is 40.0 Å². The van der Waals surface area contributed by atoms with Gasteiger partial charge in [0.1, 0.15) is 5.92 Å². The fourth-order valence-electron chi connectivity index (χ4n) is 4.68. The monoisotopic (exact) mass is 535 g/mol. The number of rotatable bonds is 7. The largest absolute Gasteiger partial charge is 0.493 e. The van der Waals surface area contributed by atoms with E-state index in [4.69, 9.17) is 18.9 Å². The number of dihydropyridines is 1. The molecule has 1 N–H and O–H groups in total. The van der Waals surface area contributed by atoms with Gasteiger partial charge in [0.15, 0.2) is 17.3 Å². The highest BCUT2D eigenvalue weighted by Gasteiger charge is 2.47. The Balaban J connectivity index is 2.26. The summed E-state index contributed by atoms with van der Waals surface area (Å²) in [4.78, 5) is 39.4. The molecule has 9 heteroatoms. The van der Waals surface area contributed by atoms with E-state index in [-0.39, 0.29) is 18.3 Å². The minimum Gasteiger partial charge on any atom is -0.493 e. The molecule has 1 heterocycles. The first-order chi connectivity index (χ1) is 16.2. The lowest BCUT2D eigenvalue weighted by atomic mass is 9.69. The first-order valence-corrected chi connectivity index (χ1v) is 12.0. The second-order valence-electron chi connectivity index (χ2n) is 8.22. The van der Waals surface area contributed by atoms with E-state index in [0.717, 1.165) is 0 Å². The minimum atomic E-state index is -0.956. The zero-order chi connectivity index (χ0) is 25.2. The molecular formula is C25H30BrNO7. The second kappa shape index (κ2) is 10.6. The lowest BCUT2D eigenvalue weighted by molar-refractivity contribution is -0.151. The second-order valence-corrected chi connectivity index (χ2v) is 9.08. The van der Waals surface area contributed by atoms with Crippen molar-refractivity contribution in [3.05, 3.63) is 44.7 Å². The summed E-state index contributed by atoms with van der Waals surface area (Å²) in [6.45, 7) is 7.83. The Morgan fingerprint density at radius 2 is 1.88 bits per heavy atom. The molecule has 0 spiro atoms. The number of benzene rings is 1. The van der Waals surface area contributed by atoms with Crippen molar-refractivity contribution in [1.29, 1.82) is 0 Å². The summed E-state index contributed by atoms with van der Waals surface area (Å²) in [5.41, 5.74) is 2.60. The van der Waals surface area contributed by atoms with Gasteiger partial charge in [-0.1, -0.05) is 6.92 Å². The molecule has 0 amide bonds. The number of hydrogen-bond donors (Lipinski definition) is 1. The SMILES string of the molecule is CCOC(=O)C1=C(C)NC2=C(C(=O)[C@@H](C(=O)OC)[C@H](C)C2)[C@H]1c1cc(Br)c(OCC)c(OC)c1. The molecule has 2 aliphatic rings. The van der Waals surface area contributed by atoms with Gasteiger partial charge in [0, 0.05) is 22.9 Å². The summed E-state index contributed by atoms with van der Waals surface area (Å²) < 4.78 is 22.2. The molecule has 3 atom stereocenters. The normalized spacial score (nSPS) is 22.1. The van der Waals surface area contributed by atoms with Gasteiger partial charge in [-0.2, -0.15) is 0 Å². The lowest BCUT2D eigenvalue weighted by Gasteiger charge is -2.38. The molecule has 1 aliphatic heterocycles. The average Bonchev–Trinajstić information content (AvgIpc) is 2.79. The van der Waals surface area contributed by atoms with E-state index >= 15 is 0 Å². The fourth-order valence-corrected chi connectivity index (χ4v) is 5.26. The summed E-state index contributed by atoms with van der Waals surface area (Å²) in [5.74, 6) is -2.49. The number of methoxy groups -OCH3 is 2. The maximum absolute atomic E-state index is 13.8. The Hall–Kier alpha value is -2.81. The molecule has 1 aromatic rings. The Morgan fingerprint density at radius 3 is 2.47 bits per heavy atom. The predicted octanol–water partition coefficient (Wildman–Crippen LogP) is 4.03. The standard InChI is InChI=1S/C25H30BrNO7/c1-7-33-23-15(26)10-14(11-17(23)31-5)20-19(25(30)34-8-2)13(4)27-16-9-12(3)18(24(29)32-6)22(28)21(16)20/h10-12,18,20,27H,7-9H2,1-6H3/t12-,18+,20+/m1/s1. The first kappa shape index (κ1) is 25.8. The van der Waals surface area contributed by atoms with E-state index in [1.54, 1.807) is 26.0 Å². The Bertz CT molecular complexity index is 1080. The van der Waals surface area contributed by atoms with Crippen LogP contribution < -0.4 is 14.8 Å². The third kappa shape index (κ3) is 4.58. The van der Waals surface area contributed by atoms with Crippen LogP contribution in [0, 0.1) is 11.8 Å². The highest BCUT2D eigenvalue weighted by atomic mass is 79.9. The molecule has 1 aromatic carbocycles. The van der Waals surface area contributed by atoms with Crippen LogP contribution in [0.15, 0.2) is 39.1 Å². The highest BCUT2D eigenvalue weighted by molar-refractivity contribution is 9.10. The summed E-state index contributed by atoms with van der Waals surface area (Å²) in [7, 11) is 2.79. The van der Waals surface area contributed by atoms with Crippen LogP contribution in [-0.2, 0) is 23.9 Å². The summed E-state index contributed by atoms with van der Waals surface area (Å²) in [6, 6.07) is 3.56. The Kier molecular flexibility index (Phi) is 8.07. The van der Waals surface area contributed by atoms with Gasteiger partial charge in [0.2, 0.25) is 0 Å². The van der Waals surface area contributed by atoms with Crippen molar-refractivity contribution >= 4 is 33.7 Å². The van der Waals surface area contributed by atoms with Gasteiger partial charge >= 0.3 is 11.9 Å². The third-order valence-electron chi connectivity index (χ3n) is 6.11. The molecule has 184 valence electrons. The van der Waals surface area contributed by atoms with Gasteiger partial charge in [-0.15, -0.1) is 0 Å². The first-order valence-electron chi connectivity index (χ1n) is 11.2. The van der Waals surface area contributed by atoms with Crippen molar-refractivity contribution in [1.82, 2.24) is 5.32 Å². The molecule has 1 aliphatic carbocycles. The minimum absolute atomic E-state index is 0.181. The zero-order valence-electron chi connectivity index (χ0n) is 20.2. The molecular weight excluding hydrogens is 506 g/mol. The van der Waals surface area contributed by atoms with Crippen LogP contribution in [0.1, 0.15) is 45.6 Å². The van der Waals surface area contributed by atoms with E-state index < -0.39 is 23.8 Å². The summed E-state index contributed by atoms with van der Waals surface area (Å²) in [5, 5.41) is 3.24. The third-order valence-corrected chi connectivity index (χ3v) is 6.70. The van der Waals surface area contributed by atoms with Gasteiger partial charge in [-0.25, -0.2) is 4.79 Å². The van der Waals surface area contributed by atoms with Gasteiger partial charge < -0.3 is 24.3 Å². The van der Waals surface area contributed by atoms with E-state index in [9.17, 15) is 14.4 Å². The van der Waals surface area contributed by atoms with E-state index in [1.807, 2.05) is 13.8 Å². The topological polar surface area (TPSA) is 100 Å². The predicted molar refractivity (Wildman–Crippen MR) is 128 cm³/mol. The molecule has 0 aromatic heterocycles. The Morgan fingerprint density at radius 1 is 1.18 bits per heavy atom. The van der Waals surface area contributed by atoms with Crippen molar-refractivity contribution < 1.29 is 33.3 Å². The Labute approximate surface area is 207 Å². The number of esters is 2. The maximum atomic E-state index is 13.8. The number of nitrogens with one attached hydrogen (secondary N) is 1. The van der Waals surface area contributed by atoms with Crippen molar-refractivity contribution in [2.75, 3.05) is 27.4 Å². The quantitative estimate of drug-likeness (QED) is 0.412. The van der Waals surface area contributed by atoms with E-state index in [2.05, 4.69) is 21.2 Å². The molecule has 3 rings (SSSR count). The van der Waals surface area contributed by atoms with Gasteiger partial charge in [0.25, 0.3) is 0 Å². The molecule has 0 bridgehead atoms. The number of carbonyl (C=O) groups excluding carboxylic acids is 3. The molecule has 0 unspecified atom stereocenters. The van der Waals surface area contributed by atoms with Crippen LogP contribution in [0.4, 0.5) is 0 Å². The summed E-state index contributed by atoms with van der Waals surface area (Å²) in [6.07, 6.45) is 0.458. The number of ether oxygens (including phenoxy) is 4. The molecule has 34 heavy (non-hydrogen) atoms. The molecule has 0 saturated heterocycles. The van der Waals surface area contributed by atoms with Crippen molar-refractivity contribution in [3.63, 3.8) is 0 Å². The van der Waals surface area contributed by atoms with E-state index in [1.165, 1.54) is 14.2 Å². The van der Waals surface area contributed by atoms with Crippen LogP contribution in [0.3, 0.4) is 0 Å². The van der Waals surface area contributed by atoms with Crippen LogP contribution in [0.2, 0.25) is 0 Å². The zero-order valence-corrected chi connectivity index (χ0v) is 21.8. The molecule has 0 saturated carbocycles. The van der Waals surface area contributed by atoms with E-state index in [0.29, 0.717) is 57.1 Å². The molecule has 8 nitrogen and oxygen atoms in total. The van der Waals surface area contributed by atoms with Crippen molar-refractivity contribution in [3.8, 4) is 11.5 Å². The van der Waals surface area contributed by atoms with Gasteiger partial charge in [0.05, 0.1) is 37.5 Å². The lowest BCUT2D eigenvalue weighted by Crippen LogP contribution is -2.43. The van der Waals surface area contributed by atoms with Crippen LogP contribution in [0.25, 0.3) is 0 Å². The highest BCUT2D eigenvalue weighted by Crippen LogP contribution is 2.48. The number of Topliss-reactive ketones (excluding diaryl/α,β-unsaturated/α-hetero) is 1. The van der Waals surface area contributed by atoms with Gasteiger partial charge in [-0.3, -0.25) is 9.59 Å². The summed E-state index contributed by atoms with van der Waals surface area (Å²) >= 11 is 3.54. The van der Waals surface area contributed by atoms with Crippen LogP contribution in [-0.4, -0.2) is 45.2 Å². The average molecular weight is 536 g/mol. The number of ketones is 1. The molecule has 0 radical (unpaired) electrons. The molecule has 0 fully saturated rings. The number of carbonyl (C=O) groups is 3.